The van der Waals surface area contributed by atoms with Crippen LogP contribution >= 0.6 is 0 Å². The van der Waals surface area contributed by atoms with Gasteiger partial charge in [0.05, 0.1) is 26.1 Å². The molecule has 0 spiro atoms. The fourth-order valence-corrected chi connectivity index (χ4v) is 2.08. The van der Waals surface area contributed by atoms with Crippen LogP contribution in [-0.4, -0.2) is 34.3 Å². The van der Waals surface area contributed by atoms with Crippen LogP contribution in [0, 0.1) is 0 Å². The van der Waals surface area contributed by atoms with Crippen LogP contribution in [0.5, 0.6) is 11.5 Å². The number of hydrogen-bond donors (Lipinski definition) is 1. The Morgan fingerprint density at radius 1 is 1.30 bits per heavy atom. The number of aryl methyl sites for hydroxylation is 1. The molecule has 2 aromatic rings. The number of hydrogen-bond acceptors (Lipinski definition) is 5. The molecule has 0 aliphatic carbocycles. The molecule has 108 valence electrons. The maximum atomic E-state index is 10.6. The van der Waals surface area contributed by atoms with Crippen molar-refractivity contribution in [3.05, 3.63) is 35.7 Å². The van der Waals surface area contributed by atoms with E-state index >= 15 is 0 Å². The average molecular weight is 277 g/mol. The van der Waals surface area contributed by atoms with Crippen LogP contribution < -0.4 is 9.47 Å². The highest BCUT2D eigenvalue weighted by Gasteiger charge is 2.20. The quantitative estimate of drug-likeness (QED) is 0.871. The van der Waals surface area contributed by atoms with Crippen molar-refractivity contribution in [3.63, 3.8) is 0 Å². The van der Waals surface area contributed by atoms with E-state index in [9.17, 15) is 5.11 Å². The smallest absolute Gasteiger partial charge is 0.126 e. The van der Waals surface area contributed by atoms with E-state index in [0.29, 0.717) is 29.3 Å². The fraction of sp³-hybridized carbons (Fsp3) is 0.429. The third-order valence-electron chi connectivity index (χ3n) is 3.09. The van der Waals surface area contributed by atoms with Crippen molar-refractivity contribution >= 4 is 0 Å². The van der Waals surface area contributed by atoms with Crippen molar-refractivity contribution in [3.8, 4) is 11.5 Å². The molecule has 6 heteroatoms. The van der Waals surface area contributed by atoms with Crippen molar-refractivity contribution < 1.29 is 14.6 Å². The normalized spacial score (nSPS) is 12.2. The van der Waals surface area contributed by atoms with Gasteiger partial charge >= 0.3 is 0 Å². The highest BCUT2D eigenvalue weighted by Crippen LogP contribution is 2.32. The van der Waals surface area contributed by atoms with Gasteiger partial charge in [0.25, 0.3) is 0 Å². The number of rotatable bonds is 6. The second kappa shape index (κ2) is 6.38. The van der Waals surface area contributed by atoms with Crippen molar-refractivity contribution in [2.75, 3.05) is 14.2 Å². The summed E-state index contributed by atoms with van der Waals surface area (Å²) in [6, 6.07) is 5.31. The van der Waals surface area contributed by atoms with Crippen LogP contribution in [0.4, 0.5) is 0 Å². The van der Waals surface area contributed by atoms with Gasteiger partial charge in [0.1, 0.15) is 17.6 Å². The van der Waals surface area contributed by atoms with Gasteiger partial charge in [-0.2, -0.15) is 0 Å². The van der Waals surface area contributed by atoms with E-state index in [0.717, 1.165) is 6.42 Å². The highest BCUT2D eigenvalue weighted by atomic mass is 16.5. The van der Waals surface area contributed by atoms with Crippen LogP contribution in [0.15, 0.2) is 24.4 Å². The van der Waals surface area contributed by atoms with Crippen LogP contribution in [0.3, 0.4) is 0 Å². The number of aliphatic hydroxyl groups is 1. The predicted molar refractivity (Wildman–Crippen MR) is 73.9 cm³/mol. The van der Waals surface area contributed by atoms with Crippen molar-refractivity contribution in [1.29, 1.82) is 0 Å². The molecule has 1 unspecified atom stereocenters. The van der Waals surface area contributed by atoms with Gasteiger partial charge in [-0.1, -0.05) is 12.1 Å². The molecule has 0 radical (unpaired) electrons. The van der Waals surface area contributed by atoms with Gasteiger partial charge in [0.15, 0.2) is 0 Å². The lowest BCUT2D eigenvalue weighted by Gasteiger charge is -2.16. The summed E-state index contributed by atoms with van der Waals surface area (Å²) in [5.74, 6) is 1.26. The first-order valence-corrected chi connectivity index (χ1v) is 6.49. The molecular formula is C14H19N3O3. The summed E-state index contributed by atoms with van der Waals surface area (Å²) in [6.45, 7) is 2.75. The third kappa shape index (κ3) is 2.75. The first kappa shape index (κ1) is 14.3. The summed E-state index contributed by atoms with van der Waals surface area (Å²) in [5.41, 5.74) is 1.27. The minimum atomic E-state index is -0.860. The SMILES string of the molecule is CCCn1nncc1C(O)c1cc(OC)ccc1OC. The largest absolute Gasteiger partial charge is 0.497 e. The Hall–Kier alpha value is -2.08. The number of benzene rings is 1. The van der Waals surface area contributed by atoms with Crippen LogP contribution in [0.1, 0.15) is 30.7 Å². The van der Waals surface area contributed by atoms with E-state index in [-0.39, 0.29) is 0 Å². The molecule has 0 saturated carbocycles. The molecule has 0 aliphatic heterocycles. The first-order valence-electron chi connectivity index (χ1n) is 6.49. The van der Waals surface area contributed by atoms with Gasteiger partial charge in [-0.25, -0.2) is 4.68 Å². The highest BCUT2D eigenvalue weighted by molar-refractivity contribution is 5.43. The maximum Gasteiger partial charge on any atom is 0.126 e. The number of nitrogens with zero attached hydrogens (tertiary/aromatic N) is 3. The lowest BCUT2D eigenvalue weighted by atomic mass is 10.1. The molecule has 1 N–H and O–H groups in total. The Morgan fingerprint density at radius 3 is 2.75 bits per heavy atom. The minimum absolute atomic E-state index is 0.600. The summed E-state index contributed by atoms with van der Waals surface area (Å²) in [7, 11) is 3.15. The van der Waals surface area contributed by atoms with E-state index in [1.165, 1.54) is 0 Å². The summed E-state index contributed by atoms with van der Waals surface area (Å²) in [5, 5.41) is 18.4. The molecule has 6 nitrogen and oxygen atoms in total. The molecule has 0 saturated heterocycles. The molecule has 0 aliphatic rings. The molecular weight excluding hydrogens is 258 g/mol. The van der Waals surface area contributed by atoms with Gasteiger partial charge in [0, 0.05) is 12.1 Å². The monoisotopic (exact) mass is 277 g/mol. The van der Waals surface area contributed by atoms with Gasteiger partial charge in [-0.3, -0.25) is 0 Å². The number of ether oxygens (including phenoxy) is 2. The van der Waals surface area contributed by atoms with Gasteiger partial charge in [-0.05, 0) is 24.6 Å². The molecule has 0 amide bonds. The zero-order valence-electron chi connectivity index (χ0n) is 11.9. The molecule has 0 fully saturated rings. The molecule has 2 rings (SSSR count). The third-order valence-corrected chi connectivity index (χ3v) is 3.09. The zero-order valence-corrected chi connectivity index (χ0v) is 11.9. The standard InChI is InChI=1S/C14H19N3O3/c1-4-7-17-12(9-15-16-17)14(18)11-8-10(19-2)5-6-13(11)20-3/h5-6,8-9,14,18H,4,7H2,1-3H3. The summed E-state index contributed by atoms with van der Waals surface area (Å²) >= 11 is 0. The van der Waals surface area contributed by atoms with E-state index in [4.69, 9.17) is 9.47 Å². The number of methoxy groups -OCH3 is 2. The van der Waals surface area contributed by atoms with E-state index in [1.54, 1.807) is 43.3 Å². The van der Waals surface area contributed by atoms with Crippen molar-refractivity contribution in [2.24, 2.45) is 0 Å². The molecule has 0 bridgehead atoms. The molecule has 1 aromatic carbocycles. The molecule has 1 atom stereocenters. The van der Waals surface area contributed by atoms with Crippen molar-refractivity contribution in [1.82, 2.24) is 15.0 Å². The Labute approximate surface area is 117 Å². The fourth-order valence-electron chi connectivity index (χ4n) is 2.08. The average Bonchev–Trinajstić information content (AvgIpc) is 2.94. The first-order chi connectivity index (χ1) is 9.71. The Morgan fingerprint density at radius 2 is 2.10 bits per heavy atom. The molecule has 1 heterocycles. The lowest BCUT2D eigenvalue weighted by Crippen LogP contribution is -2.11. The zero-order chi connectivity index (χ0) is 14.5. The van der Waals surface area contributed by atoms with E-state index in [2.05, 4.69) is 10.3 Å². The Kier molecular flexibility index (Phi) is 4.57. The minimum Gasteiger partial charge on any atom is -0.497 e. The maximum absolute atomic E-state index is 10.6. The molecule has 20 heavy (non-hydrogen) atoms. The molecule has 1 aromatic heterocycles. The predicted octanol–water partition coefficient (Wildman–Crippen LogP) is 1.79. The second-order valence-corrected chi connectivity index (χ2v) is 4.39. The van der Waals surface area contributed by atoms with E-state index in [1.807, 2.05) is 6.92 Å². The Bertz CT molecular complexity index is 569. The number of aromatic nitrogens is 3. The van der Waals surface area contributed by atoms with Gasteiger partial charge in [-0.15, -0.1) is 5.10 Å². The van der Waals surface area contributed by atoms with Crippen LogP contribution in [-0.2, 0) is 6.54 Å². The van der Waals surface area contributed by atoms with Gasteiger partial charge in [0.2, 0.25) is 0 Å². The van der Waals surface area contributed by atoms with Gasteiger partial charge < -0.3 is 14.6 Å². The number of aliphatic hydroxyl groups excluding tert-OH is 1. The lowest BCUT2D eigenvalue weighted by molar-refractivity contribution is 0.201. The van der Waals surface area contributed by atoms with E-state index < -0.39 is 6.10 Å². The van der Waals surface area contributed by atoms with Crippen LogP contribution in [0.25, 0.3) is 0 Å². The second-order valence-electron chi connectivity index (χ2n) is 4.39. The van der Waals surface area contributed by atoms with Crippen molar-refractivity contribution in [2.45, 2.75) is 26.0 Å². The topological polar surface area (TPSA) is 69.4 Å². The summed E-state index contributed by atoms with van der Waals surface area (Å²) in [6.07, 6.45) is 1.62. The van der Waals surface area contributed by atoms with Crippen LogP contribution in [0.2, 0.25) is 0 Å². The summed E-state index contributed by atoms with van der Waals surface area (Å²) in [4.78, 5) is 0. The Balaban J connectivity index is 2.41. The summed E-state index contributed by atoms with van der Waals surface area (Å²) < 4.78 is 12.2.